The molecule has 0 aromatic carbocycles. The summed E-state index contributed by atoms with van der Waals surface area (Å²) in [5.41, 5.74) is 1.04. The van der Waals surface area contributed by atoms with Crippen LogP contribution in [0.4, 0.5) is 0 Å². The van der Waals surface area contributed by atoms with E-state index in [9.17, 15) is 9.90 Å². The second-order valence-corrected chi connectivity index (χ2v) is 6.05. The number of amides is 1. The summed E-state index contributed by atoms with van der Waals surface area (Å²) in [6.45, 7) is 2.03. The van der Waals surface area contributed by atoms with Crippen LogP contribution in [-0.2, 0) is 0 Å². The molecule has 1 aliphatic rings. The Morgan fingerprint density at radius 3 is 3.05 bits per heavy atom. The van der Waals surface area contributed by atoms with Gasteiger partial charge in [0.05, 0.1) is 11.7 Å². The average Bonchev–Trinajstić information content (AvgIpc) is 3.12. The van der Waals surface area contributed by atoms with E-state index in [1.165, 1.54) is 6.33 Å². The topological polar surface area (TPSA) is 70.7 Å². The van der Waals surface area contributed by atoms with Crippen LogP contribution in [0.5, 0.6) is 0 Å². The molecule has 2 aromatic heterocycles. The molecule has 20 heavy (non-hydrogen) atoms. The summed E-state index contributed by atoms with van der Waals surface area (Å²) in [5.74, 6) is -0.104. The maximum atomic E-state index is 12.7. The predicted molar refractivity (Wildman–Crippen MR) is 76.4 cm³/mol. The minimum Gasteiger partial charge on any atom is -0.392 e. The van der Waals surface area contributed by atoms with E-state index in [1.807, 2.05) is 0 Å². The van der Waals surface area contributed by atoms with Crippen LogP contribution in [0.25, 0.3) is 5.65 Å². The number of rotatable bonds is 4. The van der Waals surface area contributed by atoms with E-state index in [4.69, 9.17) is 0 Å². The lowest BCUT2D eigenvalue weighted by atomic mass is 10.2. The summed E-state index contributed by atoms with van der Waals surface area (Å²) in [6.07, 6.45) is 4.63. The molecule has 1 amide bonds. The molecule has 0 saturated heterocycles. The molecule has 2 heterocycles. The highest BCUT2D eigenvalue weighted by Gasteiger charge is 2.34. The molecule has 6 nitrogen and oxygen atoms in total. The fraction of sp³-hybridized carbons (Fsp3) is 0.462. The van der Waals surface area contributed by atoms with Gasteiger partial charge in [0.2, 0.25) is 0 Å². The molecule has 1 saturated carbocycles. The molecule has 0 radical (unpaired) electrons. The molecule has 1 atom stereocenters. The smallest absolute Gasteiger partial charge is 0.258 e. The van der Waals surface area contributed by atoms with E-state index in [-0.39, 0.29) is 11.9 Å². The van der Waals surface area contributed by atoms with E-state index in [1.54, 1.807) is 28.6 Å². The van der Waals surface area contributed by atoms with E-state index in [0.29, 0.717) is 17.8 Å². The third-order valence-corrected chi connectivity index (χ3v) is 3.72. The third-order valence-electron chi connectivity index (χ3n) is 3.28. The first kappa shape index (κ1) is 13.5. The average molecular weight is 339 g/mol. The summed E-state index contributed by atoms with van der Waals surface area (Å²) in [7, 11) is 0. The van der Waals surface area contributed by atoms with Gasteiger partial charge in [-0.25, -0.2) is 9.50 Å². The summed E-state index contributed by atoms with van der Waals surface area (Å²) in [6, 6.07) is 1.99. The molecule has 1 unspecified atom stereocenters. The number of carbonyl (C=O) groups is 1. The van der Waals surface area contributed by atoms with Gasteiger partial charge < -0.3 is 10.0 Å². The van der Waals surface area contributed by atoms with Gasteiger partial charge in [-0.2, -0.15) is 5.10 Å². The Labute approximate surface area is 124 Å². The fourth-order valence-electron chi connectivity index (χ4n) is 2.27. The Kier molecular flexibility index (Phi) is 3.47. The van der Waals surface area contributed by atoms with Crippen molar-refractivity contribution >= 4 is 27.5 Å². The summed E-state index contributed by atoms with van der Waals surface area (Å²) < 4.78 is 2.34. The predicted octanol–water partition coefficient (Wildman–Crippen LogP) is 1.48. The lowest BCUT2D eigenvalue weighted by molar-refractivity contribution is 0.0631. The summed E-state index contributed by atoms with van der Waals surface area (Å²) >= 11 is 3.38. The van der Waals surface area contributed by atoms with E-state index >= 15 is 0 Å². The van der Waals surface area contributed by atoms with Gasteiger partial charge in [-0.3, -0.25) is 4.79 Å². The van der Waals surface area contributed by atoms with Crippen LogP contribution in [0.3, 0.4) is 0 Å². The van der Waals surface area contributed by atoms with Gasteiger partial charge in [0.25, 0.3) is 5.91 Å². The van der Waals surface area contributed by atoms with Gasteiger partial charge in [0.15, 0.2) is 5.65 Å². The van der Waals surface area contributed by atoms with E-state index < -0.39 is 6.10 Å². The fourth-order valence-corrected chi connectivity index (χ4v) is 2.70. The monoisotopic (exact) mass is 338 g/mol. The molecule has 2 aromatic rings. The molecular formula is C13H15BrN4O2. The number of fused-ring (bicyclic) bond motifs is 1. The zero-order chi connectivity index (χ0) is 14.3. The lowest BCUT2D eigenvalue weighted by Crippen LogP contribution is -2.38. The first-order chi connectivity index (χ1) is 9.56. The summed E-state index contributed by atoms with van der Waals surface area (Å²) in [5, 5.41) is 13.6. The Balaban J connectivity index is 2.00. The largest absolute Gasteiger partial charge is 0.392 e. The minimum atomic E-state index is -0.541. The second-order valence-electron chi connectivity index (χ2n) is 5.14. The number of aromatic nitrogens is 3. The van der Waals surface area contributed by atoms with Gasteiger partial charge in [-0.15, -0.1) is 0 Å². The molecule has 1 fully saturated rings. The Bertz CT molecular complexity index is 651. The zero-order valence-corrected chi connectivity index (χ0v) is 12.6. The van der Waals surface area contributed by atoms with Gasteiger partial charge >= 0.3 is 0 Å². The molecule has 7 heteroatoms. The highest BCUT2D eigenvalue weighted by Crippen LogP contribution is 2.29. The maximum absolute atomic E-state index is 12.7. The molecule has 106 valence electrons. The van der Waals surface area contributed by atoms with Gasteiger partial charge in [0.1, 0.15) is 6.33 Å². The number of aliphatic hydroxyl groups excluding tert-OH is 1. The number of nitrogens with zero attached hydrogens (tertiary/aromatic N) is 4. The van der Waals surface area contributed by atoms with Crippen LogP contribution in [-0.4, -0.2) is 49.2 Å². The number of aliphatic hydroxyl groups is 1. The first-order valence-electron chi connectivity index (χ1n) is 6.54. The SMILES string of the molecule is CC(O)CN(C(=O)c1cc(Br)cn2ncnc12)C1CC1. The van der Waals surface area contributed by atoms with E-state index in [2.05, 4.69) is 26.0 Å². The molecule has 0 bridgehead atoms. The van der Waals surface area contributed by atoms with Crippen molar-refractivity contribution in [3.8, 4) is 0 Å². The molecule has 0 aliphatic heterocycles. The van der Waals surface area contributed by atoms with Crippen molar-refractivity contribution in [2.75, 3.05) is 6.54 Å². The van der Waals surface area contributed by atoms with Crippen molar-refractivity contribution in [1.82, 2.24) is 19.5 Å². The normalized spacial score (nSPS) is 16.4. The number of hydrogen-bond donors (Lipinski definition) is 1. The summed E-state index contributed by atoms with van der Waals surface area (Å²) in [4.78, 5) is 18.6. The highest BCUT2D eigenvalue weighted by atomic mass is 79.9. The first-order valence-corrected chi connectivity index (χ1v) is 7.33. The molecule has 1 aliphatic carbocycles. The Hall–Kier alpha value is -1.47. The Morgan fingerprint density at radius 1 is 1.65 bits per heavy atom. The van der Waals surface area contributed by atoms with Crippen molar-refractivity contribution in [3.05, 3.63) is 28.6 Å². The number of halogens is 1. The van der Waals surface area contributed by atoms with Crippen LogP contribution >= 0.6 is 15.9 Å². The molecule has 3 rings (SSSR count). The van der Waals surface area contributed by atoms with Crippen LogP contribution in [0.2, 0.25) is 0 Å². The second kappa shape index (κ2) is 5.14. The van der Waals surface area contributed by atoms with Gasteiger partial charge in [-0.1, -0.05) is 0 Å². The maximum Gasteiger partial charge on any atom is 0.258 e. The van der Waals surface area contributed by atoms with Crippen molar-refractivity contribution in [1.29, 1.82) is 0 Å². The van der Waals surface area contributed by atoms with Crippen LogP contribution in [0.15, 0.2) is 23.1 Å². The van der Waals surface area contributed by atoms with Crippen molar-refractivity contribution in [2.45, 2.75) is 31.9 Å². The zero-order valence-electron chi connectivity index (χ0n) is 11.0. The van der Waals surface area contributed by atoms with Crippen LogP contribution < -0.4 is 0 Å². The van der Waals surface area contributed by atoms with E-state index in [0.717, 1.165) is 17.3 Å². The standard InChI is InChI=1S/C13H15BrN4O2/c1-8(19)5-17(10-2-3-10)13(20)11-4-9(14)6-18-12(11)15-7-16-18/h4,6-8,10,19H,2-3,5H2,1H3. The number of pyridine rings is 1. The lowest BCUT2D eigenvalue weighted by Gasteiger charge is -2.24. The molecule has 0 spiro atoms. The minimum absolute atomic E-state index is 0.104. The molecule has 1 N–H and O–H groups in total. The molecular weight excluding hydrogens is 324 g/mol. The van der Waals surface area contributed by atoms with Gasteiger partial charge in [0, 0.05) is 23.3 Å². The number of carbonyl (C=O) groups excluding carboxylic acids is 1. The van der Waals surface area contributed by atoms with Crippen LogP contribution in [0, 0.1) is 0 Å². The van der Waals surface area contributed by atoms with Crippen molar-refractivity contribution in [2.24, 2.45) is 0 Å². The quantitative estimate of drug-likeness (QED) is 0.916. The number of hydrogen-bond acceptors (Lipinski definition) is 4. The highest BCUT2D eigenvalue weighted by molar-refractivity contribution is 9.10. The van der Waals surface area contributed by atoms with Crippen LogP contribution in [0.1, 0.15) is 30.1 Å². The Morgan fingerprint density at radius 2 is 2.40 bits per heavy atom. The van der Waals surface area contributed by atoms with Crippen molar-refractivity contribution < 1.29 is 9.90 Å². The third kappa shape index (κ3) is 2.55. The van der Waals surface area contributed by atoms with Crippen molar-refractivity contribution in [3.63, 3.8) is 0 Å². The van der Waals surface area contributed by atoms with Gasteiger partial charge in [-0.05, 0) is 41.8 Å².